The third-order valence-corrected chi connectivity index (χ3v) is 4.11. The van der Waals surface area contributed by atoms with Gasteiger partial charge in [-0.25, -0.2) is 4.39 Å². The standard InChI is InChI=1S/C17H15FN4/c1-11-16(15-7-6-14(18)8-19-15)20-21-17(11)22-9-12-4-2-3-5-13(12)10-22/h2-8H,9-10H2,1H3,(H,20,21). The van der Waals surface area contributed by atoms with Gasteiger partial charge in [0.25, 0.3) is 0 Å². The Kier molecular flexibility index (Phi) is 2.92. The Morgan fingerprint density at radius 3 is 2.45 bits per heavy atom. The molecule has 0 unspecified atom stereocenters. The van der Waals surface area contributed by atoms with Crippen molar-refractivity contribution in [2.75, 3.05) is 4.90 Å². The van der Waals surface area contributed by atoms with Crippen molar-refractivity contribution < 1.29 is 4.39 Å². The summed E-state index contributed by atoms with van der Waals surface area (Å²) in [6, 6.07) is 11.5. The second kappa shape index (κ2) is 4.94. The quantitative estimate of drug-likeness (QED) is 0.787. The van der Waals surface area contributed by atoms with Crippen LogP contribution in [-0.4, -0.2) is 15.2 Å². The largest absolute Gasteiger partial charge is 0.346 e. The molecule has 0 spiro atoms. The van der Waals surface area contributed by atoms with Gasteiger partial charge >= 0.3 is 0 Å². The number of fused-ring (bicyclic) bond motifs is 1. The number of rotatable bonds is 2. The molecule has 5 heteroatoms. The molecule has 4 rings (SSSR count). The van der Waals surface area contributed by atoms with Crippen LogP contribution in [0.25, 0.3) is 11.4 Å². The maximum absolute atomic E-state index is 13.0. The summed E-state index contributed by atoms with van der Waals surface area (Å²) in [4.78, 5) is 6.36. The minimum absolute atomic E-state index is 0.337. The average Bonchev–Trinajstić information content (AvgIpc) is 3.11. The van der Waals surface area contributed by atoms with Crippen molar-refractivity contribution in [3.63, 3.8) is 0 Å². The van der Waals surface area contributed by atoms with E-state index in [1.54, 1.807) is 6.07 Å². The lowest BCUT2D eigenvalue weighted by Crippen LogP contribution is -2.15. The normalized spacial score (nSPS) is 13.5. The molecule has 0 radical (unpaired) electrons. The molecule has 4 nitrogen and oxygen atoms in total. The van der Waals surface area contributed by atoms with Crippen LogP contribution in [0.5, 0.6) is 0 Å². The minimum atomic E-state index is -0.337. The second-order valence-corrected chi connectivity index (χ2v) is 5.53. The number of nitrogens with one attached hydrogen (secondary N) is 1. The summed E-state index contributed by atoms with van der Waals surface area (Å²) < 4.78 is 13.0. The number of aromatic nitrogens is 3. The van der Waals surface area contributed by atoms with Crippen molar-refractivity contribution >= 4 is 5.82 Å². The van der Waals surface area contributed by atoms with E-state index in [4.69, 9.17) is 0 Å². The monoisotopic (exact) mass is 294 g/mol. The molecule has 110 valence electrons. The topological polar surface area (TPSA) is 44.8 Å². The molecule has 0 amide bonds. The van der Waals surface area contributed by atoms with Crippen LogP contribution in [0.15, 0.2) is 42.6 Å². The first-order valence-corrected chi connectivity index (χ1v) is 7.21. The van der Waals surface area contributed by atoms with Gasteiger partial charge in [0.15, 0.2) is 5.82 Å². The molecule has 22 heavy (non-hydrogen) atoms. The number of halogens is 1. The first-order chi connectivity index (χ1) is 10.7. The van der Waals surface area contributed by atoms with Gasteiger partial charge in [-0.3, -0.25) is 10.1 Å². The zero-order valence-corrected chi connectivity index (χ0v) is 12.2. The predicted octanol–water partition coefficient (Wildman–Crippen LogP) is 3.44. The van der Waals surface area contributed by atoms with Gasteiger partial charge < -0.3 is 4.90 Å². The van der Waals surface area contributed by atoms with Crippen LogP contribution in [0.4, 0.5) is 10.2 Å². The van der Waals surface area contributed by atoms with Crippen molar-refractivity contribution in [3.8, 4) is 11.4 Å². The fourth-order valence-electron chi connectivity index (χ4n) is 2.95. The molecule has 1 aliphatic heterocycles. The number of nitrogens with zero attached hydrogens (tertiary/aromatic N) is 3. The van der Waals surface area contributed by atoms with Gasteiger partial charge in [-0.1, -0.05) is 24.3 Å². The molecule has 0 saturated heterocycles. The van der Waals surface area contributed by atoms with Crippen LogP contribution in [0.3, 0.4) is 0 Å². The lowest BCUT2D eigenvalue weighted by Gasteiger charge is -2.15. The number of H-pyrrole nitrogens is 1. The minimum Gasteiger partial charge on any atom is -0.346 e. The van der Waals surface area contributed by atoms with E-state index in [1.165, 1.54) is 23.4 Å². The van der Waals surface area contributed by atoms with Crippen LogP contribution in [0.2, 0.25) is 0 Å². The van der Waals surface area contributed by atoms with Crippen LogP contribution >= 0.6 is 0 Å². The zero-order chi connectivity index (χ0) is 15.1. The molecule has 1 aromatic carbocycles. The molecule has 0 saturated carbocycles. The van der Waals surface area contributed by atoms with Crippen LogP contribution in [-0.2, 0) is 13.1 Å². The maximum atomic E-state index is 13.0. The Labute approximate surface area is 127 Å². The fraction of sp³-hybridized carbons (Fsp3) is 0.176. The number of hydrogen-bond acceptors (Lipinski definition) is 3. The molecule has 0 fully saturated rings. The number of hydrogen-bond donors (Lipinski definition) is 1. The highest BCUT2D eigenvalue weighted by molar-refractivity contribution is 5.67. The van der Waals surface area contributed by atoms with E-state index in [-0.39, 0.29) is 5.82 Å². The highest BCUT2D eigenvalue weighted by Gasteiger charge is 2.23. The number of benzene rings is 1. The predicted molar refractivity (Wildman–Crippen MR) is 82.8 cm³/mol. The van der Waals surface area contributed by atoms with Crippen molar-refractivity contribution in [3.05, 3.63) is 65.1 Å². The molecule has 3 aromatic rings. The van der Waals surface area contributed by atoms with Gasteiger partial charge in [0.05, 0.1) is 17.6 Å². The average molecular weight is 294 g/mol. The van der Waals surface area contributed by atoms with Crippen molar-refractivity contribution in [2.45, 2.75) is 20.0 Å². The van der Waals surface area contributed by atoms with E-state index in [1.807, 2.05) is 6.92 Å². The number of pyridine rings is 1. The maximum Gasteiger partial charge on any atom is 0.154 e. The summed E-state index contributed by atoms with van der Waals surface area (Å²) in [6.45, 7) is 3.73. The Bertz CT molecular complexity index is 798. The van der Waals surface area contributed by atoms with E-state index in [0.717, 1.165) is 30.2 Å². The summed E-state index contributed by atoms with van der Waals surface area (Å²) in [5.74, 6) is 0.591. The third kappa shape index (κ3) is 2.06. The van der Waals surface area contributed by atoms with Gasteiger partial charge in [-0.05, 0) is 30.2 Å². The SMILES string of the molecule is Cc1c(N2Cc3ccccc3C2)n[nH]c1-c1ccc(F)cn1. The van der Waals surface area contributed by atoms with E-state index in [0.29, 0.717) is 5.69 Å². The highest BCUT2D eigenvalue weighted by Crippen LogP contribution is 2.32. The molecule has 0 atom stereocenters. The van der Waals surface area contributed by atoms with Crippen LogP contribution < -0.4 is 4.90 Å². The van der Waals surface area contributed by atoms with Gasteiger partial charge in [-0.15, -0.1) is 0 Å². The van der Waals surface area contributed by atoms with E-state index in [2.05, 4.69) is 44.3 Å². The van der Waals surface area contributed by atoms with Crippen molar-refractivity contribution in [1.29, 1.82) is 0 Å². The van der Waals surface area contributed by atoms with E-state index < -0.39 is 0 Å². The Hall–Kier alpha value is -2.69. The number of anilines is 1. The molecule has 0 aliphatic carbocycles. The molecular weight excluding hydrogens is 279 g/mol. The van der Waals surface area contributed by atoms with Gasteiger partial charge in [0.1, 0.15) is 5.82 Å². The molecule has 1 aliphatic rings. The highest BCUT2D eigenvalue weighted by atomic mass is 19.1. The first-order valence-electron chi connectivity index (χ1n) is 7.21. The molecule has 0 bridgehead atoms. The Morgan fingerprint density at radius 1 is 1.09 bits per heavy atom. The second-order valence-electron chi connectivity index (χ2n) is 5.53. The lowest BCUT2D eigenvalue weighted by atomic mass is 10.1. The first kappa shape index (κ1) is 13.0. The third-order valence-electron chi connectivity index (χ3n) is 4.11. The molecule has 1 N–H and O–H groups in total. The zero-order valence-electron chi connectivity index (χ0n) is 12.2. The van der Waals surface area contributed by atoms with E-state index >= 15 is 0 Å². The molecule has 2 aromatic heterocycles. The molecular formula is C17H15FN4. The summed E-state index contributed by atoms with van der Waals surface area (Å²) in [7, 11) is 0. The van der Waals surface area contributed by atoms with Crippen LogP contribution in [0.1, 0.15) is 16.7 Å². The smallest absolute Gasteiger partial charge is 0.154 e. The van der Waals surface area contributed by atoms with Gasteiger partial charge in [0.2, 0.25) is 0 Å². The number of aromatic amines is 1. The van der Waals surface area contributed by atoms with Crippen molar-refractivity contribution in [1.82, 2.24) is 15.2 Å². The fourth-order valence-corrected chi connectivity index (χ4v) is 2.95. The Balaban J connectivity index is 1.67. The summed E-state index contributed by atoms with van der Waals surface area (Å²) in [6.07, 6.45) is 1.22. The summed E-state index contributed by atoms with van der Waals surface area (Å²) in [5.41, 5.74) is 5.25. The summed E-state index contributed by atoms with van der Waals surface area (Å²) in [5, 5.41) is 7.48. The van der Waals surface area contributed by atoms with Gasteiger partial charge in [0, 0.05) is 18.7 Å². The summed E-state index contributed by atoms with van der Waals surface area (Å²) >= 11 is 0. The van der Waals surface area contributed by atoms with Crippen LogP contribution in [0, 0.1) is 12.7 Å². The van der Waals surface area contributed by atoms with Gasteiger partial charge in [-0.2, -0.15) is 5.10 Å². The van der Waals surface area contributed by atoms with Crippen molar-refractivity contribution in [2.24, 2.45) is 0 Å². The molecule has 3 heterocycles. The Morgan fingerprint density at radius 2 is 1.82 bits per heavy atom. The van der Waals surface area contributed by atoms with E-state index in [9.17, 15) is 4.39 Å². The lowest BCUT2D eigenvalue weighted by molar-refractivity contribution is 0.622.